The van der Waals surface area contributed by atoms with E-state index in [1.165, 1.54) is 6.08 Å². The van der Waals surface area contributed by atoms with Gasteiger partial charge < -0.3 is 19.3 Å². The Morgan fingerprint density at radius 2 is 1.52 bits per heavy atom. The Bertz CT molecular complexity index is 863. The van der Waals surface area contributed by atoms with Crippen molar-refractivity contribution in [1.82, 2.24) is 0 Å². The second kappa shape index (κ2) is 6.98. The van der Waals surface area contributed by atoms with E-state index in [-0.39, 0.29) is 12.7 Å². The summed E-state index contributed by atoms with van der Waals surface area (Å²) in [5, 5.41) is 10.3. The second-order valence-corrected chi connectivity index (χ2v) is 6.50. The van der Waals surface area contributed by atoms with Crippen LogP contribution in [0.5, 0.6) is 0 Å². The van der Waals surface area contributed by atoms with Crippen molar-refractivity contribution >= 4 is 11.9 Å². The van der Waals surface area contributed by atoms with Crippen LogP contribution in [0.15, 0.2) is 72.8 Å². The quantitative estimate of drug-likeness (QED) is 0.496. The lowest BCUT2D eigenvalue weighted by Crippen LogP contribution is -2.49. The number of ether oxygens (including phenoxy) is 3. The highest BCUT2D eigenvalue weighted by Gasteiger charge is 2.66. The van der Waals surface area contributed by atoms with Crippen molar-refractivity contribution < 1.29 is 28.9 Å². The van der Waals surface area contributed by atoms with Crippen LogP contribution < -0.4 is 0 Å². The average molecular weight is 366 g/mol. The van der Waals surface area contributed by atoms with Gasteiger partial charge in [-0.1, -0.05) is 48.6 Å². The molecule has 2 aromatic rings. The van der Waals surface area contributed by atoms with E-state index in [1.807, 2.05) is 0 Å². The number of fused-ring (bicyclic) bond motifs is 1. The fourth-order valence-electron chi connectivity index (χ4n) is 3.20. The molecule has 1 N–H and O–H groups in total. The fraction of sp³-hybridized carbons (Fsp3) is 0.238. The van der Waals surface area contributed by atoms with Gasteiger partial charge in [0.2, 0.25) is 0 Å². The summed E-state index contributed by atoms with van der Waals surface area (Å²) in [4.78, 5) is 24.6. The Balaban J connectivity index is 1.48. The first-order chi connectivity index (χ1) is 13.1. The molecular weight excluding hydrogens is 348 g/mol. The van der Waals surface area contributed by atoms with Crippen molar-refractivity contribution in [2.45, 2.75) is 23.9 Å². The van der Waals surface area contributed by atoms with Gasteiger partial charge in [0, 0.05) is 0 Å². The maximum atomic E-state index is 12.4. The van der Waals surface area contributed by atoms with E-state index in [0.717, 1.165) is 0 Å². The number of esters is 2. The Labute approximate surface area is 156 Å². The number of benzene rings is 2. The zero-order chi connectivity index (χ0) is 18.9. The molecule has 27 heavy (non-hydrogen) atoms. The SMILES string of the molecule is O=C(OC[C@]12O[C@H]1C=C[C@@H](O)[C@@H]2OC(=O)c1ccccc1)c1ccccc1. The molecule has 6 nitrogen and oxygen atoms in total. The van der Waals surface area contributed by atoms with Crippen LogP contribution in [0.25, 0.3) is 0 Å². The molecule has 2 aliphatic rings. The van der Waals surface area contributed by atoms with Gasteiger partial charge in [0.15, 0.2) is 11.7 Å². The first kappa shape index (κ1) is 17.5. The number of carbonyl (C=O) groups is 2. The summed E-state index contributed by atoms with van der Waals surface area (Å²) < 4.78 is 16.6. The maximum absolute atomic E-state index is 12.4. The third-order valence-electron chi connectivity index (χ3n) is 4.73. The van der Waals surface area contributed by atoms with Gasteiger partial charge in [0.05, 0.1) is 11.1 Å². The van der Waals surface area contributed by atoms with Gasteiger partial charge in [-0.2, -0.15) is 0 Å². The van der Waals surface area contributed by atoms with Gasteiger partial charge in [-0.3, -0.25) is 0 Å². The molecule has 4 rings (SSSR count). The predicted octanol–water partition coefficient (Wildman–Crippen LogP) is 2.14. The zero-order valence-electron chi connectivity index (χ0n) is 14.4. The Kier molecular flexibility index (Phi) is 4.51. The largest absolute Gasteiger partial charge is 0.459 e. The lowest BCUT2D eigenvalue weighted by Gasteiger charge is -2.29. The van der Waals surface area contributed by atoms with E-state index in [4.69, 9.17) is 14.2 Å². The lowest BCUT2D eigenvalue weighted by atomic mass is 9.89. The minimum atomic E-state index is -1.07. The summed E-state index contributed by atoms with van der Waals surface area (Å²) in [6.45, 7) is -0.125. The van der Waals surface area contributed by atoms with Gasteiger partial charge in [0.1, 0.15) is 18.8 Å². The van der Waals surface area contributed by atoms with Crippen LogP contribution in [0.1, 0.15) is 20.7 Å². The Morgan fingerprint density at radius 3 is 2.15 bits per heavy atom. The highest BCUT2D eigenvalue weighted by Crippen LogP contribution is 2.46. The molecule has 1 saturated heterocycles. The van der Waals surface area contributed by atoms with E-state index in [1.54, 1.807) is 66.7 Å². The Hall–Kier alpha value is -2.96. The van der Waals surface area contributed by atoms with E-state index < -0.39 is 29.7 Å². The van der Waals surface area contributed by atoms with Crippen LogP contribution in [0.4, 0.5) is 0 Å². The second-order valence-electron chi connectivity index (χ2n) is 6.50. The van der Waals surface area contributed by atoms with Crippen molar-refractivity contribution in [3.05, 3.63) is 83.9 Å². The third-order valence-corrected chi connectivity index (χ3v) is 4.73. The molecule has 2 aromatic carbocycles. The van der Waals surface area contributed by atoms with E-state index in [2.05, 4.69) is 0 Å². The molecule has 0 amide bonds. The molecular formula is C21H18O6. The van der Waals surface area contributed by atoms with Crippen LogP contribution in [0, 0.1) is 0 Å². The molecule has 0 aromatic heterocycles. The number of rotatable bonds is 5. The number of aliphatic hydroxyl groups is 1. The highest BCUT2D eigenvalue weighted by molar-refractivity contribution is 5.90. The molecule has 1 aliphatic carbocycles. The molecule has 1 aliphatic heterocycles. The van der Waals surface area contributed by atoms with Gasteiger partial charge in [-0.25, -0.2) is 9.59 Å². The van der Waals surface area contributed by atoms with Crippen LogP contribution in [-0.2, 0) is 14.2 Å². The van der Waals surface area contributed by atoms with Gasteiger partial charge in [0.25, 0.3) is 0 Å². The van der Waals surface area contributed by atoms with Crippen molar-refractivity contribution in [3.8, 4) is 0 Å². The number of epoxide rings is 1. The average Bonchev–Trinajstić information content (AvgIpc) is 3.44. The minimum Gasteiger partial charge on any atom is -0.459 e. The van der Waals surface area contributed by atoms with Crippen molar-refractivity contribution in [3.63, 3.8) is 0 Å². The van der Waals surface area contributed by atoms with Gasteiger partial charge in [-0.15, -0.1) is 0 Å². The fourth-order valence-corrected chi connectivity index (χ4v) is 3.20. The number of aliphatic hydroxyl groups excluding tert-OH is 1. The van der Waals surface area contributed by atoms with Crippen molar-refractivity contribution in [2.75, 3.05) is 6.61 Å². The summed E-state index contributed by atoms with van der Waals surface area (Å²) in [5.41, 5.74) is -0.285. The molecule has 0 bridgehead atoms. The molecule has 1 fully saturated rings. The van der Waals surface area contributed by atoms with Crippen LogP contribution in [0.3, 0.4) is 0 Å². The molecule has 138 valence electrons. The number of carbonyl (C=O) groups excluding carboxylic acids is 2. The molecule has 6 heteroatoms. The summed E-state index contributed by atoms with van der Waals surface area (Å²) in [7, 11) is 0. The van der Waals surface area contributed by atoms with Crippen LogP contribution in [0.2, 0.25) is 0 Å². The standard InChI is InChI=1S/C21H18O6/c22-16-11-12-17-21(27-17,13-25-19(23)14-7-3-1-4-8-14)18(16)26-20(24)15-9-5-2-6-10-15/h1-12,16-18,22H,13H2/t16-,17+,18+,21+/m1/s1. The minimum absolute atomic E-state index is 0.125. The van der Waals surface area contributed by atoms with Crippen molar-refractivity contribution in [1.29, 1.82) is 0 Å². The monoisotopic (exact) mass is 366 g/mol. The normalized spacial score (nSPS) is 28.1. The number of hydrogen-bond donors (Lipinski definition) is 1. The topological polar surface area (TPSA) is 85.4 Å². The Morgan fingerprint density at radius 1 is 0.926 bits per heavy atom. The number of hydrogen-bond acceptors (Lipinski definition) is 6. The van der Waals surface area contributed by atoms with Crippen LogP contribution >= 0.6 is 0 Å². The van der Waals surface area contributed by atoms with Gasteiger partial charge in [-0.05, 0) is 24.3 Å². The molecule has 0 saturated carbocycles. The van der Waals surface area contributed by atoms with E-state index in [9.17, 15) is 14.7 Å². The summed E-state index contributed by atoms with van der Waals surface area (Å²) in [5.74, 6) is -1.07. The van der Waals surface area contributed by atoms with Crippen LogP contribution in [-0.4, -0.2) is 47.6 Å². The van der Waals surface area contributed by atoms with E-state index >= 15 is 0 Å². The maximum Gasteiger partial charge on any atom is 0.338 e. The van der Waals surface area contributed by atoms with E-state index in [0.29, 0.717) is 11.1 Å². The lowest BCUT2D eigenvalue weighted by molar-refractivity contribution is -0.0546. The predicted molar refractivity (Wildman–Crippen MR) is 95.1 cm³/mol. The van der Waals surface area contributed by atoms with Crippen molar-refractivity contribution in [2.24, 2.45) is 0 Å². The summed E-state index contributed by atoms with van der Waals surface area (Å²) >= 11 is 0. The first-order valence-electron chi connectivity index (χ1n) is 8.62. The first-order valence-corrected chi connectivity index (χ1v) is 8.62. The highest BCUT2D eigenvalue weighted by atomic mass is 16.7. The molecule has 4 atom stereocenters. The summed E-state index contributed by atoms with van der Waals surface area (Å²) in [6.07, 6.45) is 0.819. The third kappa shape index (κ3) is 3.37. The summed E-state index contributed by atoms with van der Waals surface area (Å²) in [6, 6.07) is 17.1. The molecule has 0 radical (unpaired) electrons. The smallest absolute Gasteiger partial charge is 0.338 e. The molecule has 0 unspecified atom stereocenters. The molecule has 1 heterocycles. The van der Waals surface area contributed by atoms with Gasteiger partial charge >= 0.3 is 11.9 Å². The zero-order valence-corrected chi connectivity index (χ0v) is 14.4. The molecule has 0 spiro atoms.